The summed E-state index contributed by atoms with van der Waals surface area (Å²) in [7, 11) is 3.51. The van der Waals surface area contributed by atoms with Crippen LogP contribution in [-0.2, 0) is 50.9 Å². The van der Waals surface area contributed by atoms with Crippen LogP contribution in [0.4, 0.5) is 5.69 Å². The van der Waals surface area contributed by atoms with Crippen LogP contribution in [0.1, 0.15) is 140 Å². The molecule has 2 aliphatic heterocycles. The van der Waals surface area contributed by atoms with Crippen LogP contribution in [0.25, 0.3) is 10.4 Å². The fraction of sp³-hybridized carbons (Fsp3) is 0.475. The molecule has 8 rings (SSSR count). The maximum atomic E-state index is 14.0. The molecule has 404 valence electrons. The summed E-state index contributed by atoms with van der Waals surface area (Å²) in [5, 5.41) is 22.6. The zero-order chi connectivity index (χ0) is 54.1. The first-order valence-corrected chi connectivity index (χ1v) is 27.8. The van der Waals surface area contributed by atoms with E-state index in [1.807, 2.05) is 112 Å². The van der Waals surface area contributed by atoms with E-state index in [2.05, 4.69) is 41.8 Å². The Hall–Kier alpha value is -6.69. The molecule has 4 heterocycles. The maximum Gasteiger partial charge on any atom is 0.268 e. The zero-order valence-corrected chi connectivity index (χ0v) is 45.8. The Balaban J connectivity index is 0.713. The Morgan fingerprint density at radius 2 is 1.42 bits per heavy atom. The number of amides is 6. The van der Waals surface area contributed by atoms with Gasteiger partial charge in [0.05, 0.1) is 27.7 Å². The smallest absolute Gasteiger partial charge is 0.268 e. The molecule has 1 saturated heterocycles. The summed E-state index contributed by atoms with van der Waals surface area (Å²) >= 11 is 1.58. The van der Waals surface area contributed by atoms with Crippen molar-refractivity contribution in [1.29, 1.82) is 0 Å². The molecule has 76 heavy (non-hydrogen) atoms. The van der Waals surface area contributed by atoms with Crippen LogP contribution in [0.2, 0.25) is 0 Å². The number of rotatable bonds is 21. The normalized spacial score (nSPS) is 17.3. The Bertz CT molecular complexity index is 2850. The Labute approximate surface area is 451 Å². The van der Waals surface area contributed by atoms with Gasteiger partial charge in [0.1, 0.15) is 17.8 Å². The van der Waals surface area contributed by atoms with Gasteiger partial charge in [-0.3, -0.25) is 33.7 Å². The number of benzene rings is 3. The summed E-state index contributed by atoms with van der Waals surface area (Å²) in [4.78, 5) is 90.5. The van der Waals surface area contributed by atoms with Crippen molar-refractivity contribution in [2.75, 3.05) is 32.5 Å². The lowest BCUT2D eigenvalue weighted by Gasteiger charge is -2.53. The van der Waals surface area contributed by atoms with E-state index in [-0.39, 0.29) is 61.0 Å². The molecule has 16 nitrogen and oxygen atoms in total. The van der Waals surface area contributed by atoms with Crippen LogP contribution in [0.3, 0.4) is 0 Å². The van der Waals surface area contributed by atoms with Crippen LogP contribution < -0.4 is 21.3 Å². The molecule has 2 fully saturated rings. The van der Waals surface area contributed by atoms with E-state index in [1.54, 1.807) is 30.3 Å². The molecule has 1 saturated carbocycles. The third kappa shape index (κ3) is 13.3. The quantitative estimate of drug-likeness (QED) is 0.0453. The van der Waals surface area contributed by atoms with Crippen LogP contribution in [0.15, 0.2) is 90.4 Å². The molecule has 1 aliphatic carbocycles. The molecule has 3 atom stereocenters. The fourth-order valence-corrected chi connectivity index (χ4v) is 11.6. The molecular formula is C59H75N9O7S. The summed E-state index contributed by atoms with van der Waals surface area (Å²) in [5.41, 5.74) is 9.28. The topological polar surface area (TPSA) is 198 Å². The van der Waals surface area contributed by atoms with E-state index >= 15 is 0 Å². The standard InChI is InChI=1S/C59H75N9O7S/c1-39-52(76-38-62-39)43-21-15-40(16-22-43)34-61-55(73)48-33-46(69)37-68(48)57(75)53(58(2,3)4)64-51(71)14-11-9-7-8-10-13-50(70)63-45-25-19-41(20-26-45)35-60-54(72)47-27-28-49-59(29-12-30-59)66(31-32-67(47)49)36-42-17-23-44(24-18-42)56(74)65(5)6/h15-28,38,46,48,53,69H,7-14,29-37H2,1-6H3,(H,60,72)(H,61,73)(H,63,70)(H,64,71)/t46-,48+,53-/m1/s1. The average molecular weight is 1050 g/mol. The number of aliphatic hydroxyl groups is 1. The number of hydrogen-bond donors (Lipinski definition) is 5. The molecule has 3 aromatic carbocycles. The number of nitrogens with zero attached hydrogens (tertiary/aromatic N) is 5. The van der Waals surface area contributed by atoms with Gasteiger partial charge in [0.25, 0.3) is 11.8 Å². The second kappa shape index (κ2) is 24.5. The lowest BCUT2D eigenvalue weighted by molar-refractivity contribution is -0.144. The zero-order valence-electron chi connectivity index (χ0n) is 45.0. The molecule has 17 heteroatoms. The summed E-state index contributed by atoms with van der Waals surface area (Å²) in [6.45, 7) is 10.5. The molecule has 1 spiro atoms. The van der Waals surface area contributed by atoms with E-state index in [9.17, 15) is 33.9 Å². The van der Waals surface area contributed by atoms with Crippen LogP contribution in [0, 0.1) is 12.3 Å². The number of aromatic nitrogens is 2. The van der Waals surface area contributed by atoms with E-state index < -0.39 is 29.5 Å². The highest BCUT2D eigenvalue weighted by Gasteiger charge is 2.49. The number of likely N-dealkylation sites (tertiary alicyclic amines) is 1. The Kier molecular flexibility index (Phi) is 17.9. The largest absolute Gasteiger partial charge is 0.391 e. The van der Waals surface area contributed by atoms with Gasteiger partial charge in [-0.15, -0.1) is 11.3 Å². The predicted octanol–water partition coefficient (Wildman–Crippen LogP) is 7.93. The van der Waals surface area contributed by atoms with Gasteiger partial charge in [0, 0.05) is 89.6 Å². The van der Waals surface area contributed by atoms with Gasteiger partial charge in [0.15, 0.2) is 0 Å². The van der Waals surface area contributed by atoms with Gasteiger partial charge in [-0.2, -0.15) is 0 Å². The molecule has 5 N–H and O–H groups in total. The number of nitrogens with one attached hydrogen (secondary N) is 4. The van der Waals surface area contributed by atoms with Crippen molar-refractivity contribution in [3.05, 3.63) is 130 Å². The van der Waals surface area contributed by atoms with Crippen molar-refractivity contribution in [3.63, 3.8) is 0 Å². The summed E-state index contributed by atoms with van der Waals surface area (Å²) in [5.74, 6) is -1.19. The van der Waals surface area contributed by atoms with Crippen molar-refractivity contribution in [3.8, 4) is 10.4 Å². The van der Waals surface area contributed by atoms with Crippen molar-refractivity contribution < 1.29 is 33.9 Å². The average Bonchev–Trinajstić information content (AvgIpc) is 4.19. The van der Waals surface area contributed by atoms with Crippen molar-refractivity contribution in [1.82, 2.24) is 40.2 Å². The van der Waals surface area contributed by atoms with Crippen LogP contribution in [0.5, 0.6) is 0 Å². The monoisotopic (exact) mass is 1050 g/mol. The number of aryl methyl sites for hydroxylation is 1. The second-order valence-corrected chi connectivity index (χ2v) is 23.0. The number of unbranched alkanes of at least 4 members (excludes halogenated alkanes) is 4. The van der Waals surface area contributed by atoms with Crippen molar-refractivity contribution in [2.24, 2.45) is 5.41 Å². The van der Waals surface area contributed by atoms with E-state index in [4.69, 9.17) is 0 Å². The van der Waals surface area contributed by atoms with Gasteiger partial charge < -0.3 is 40.7 Å². The number of thiazole rings is 1. The number of β-amino-alcohol motifs (C(OH)–C–C–N with tert-alkyl or cyclic N) is 1. The molecule has 5 aromatic rings. The molecular weight excluding hydrogens is 979 g/mol. The Morgan fingerprint density at radius 3 is 2.04 bits per heavy atom. The van der Waals surface area contributed by atoms with E-state index in [0.717, 1.165) is 84.4 Å². The first-order valence-electron chi connectivity index (χ1n) is 26.9. The fourth-order valence-electron chi connectivity index (χ4n) is 10.8. The summed E-state index contributed by atoms with van der Waals surface area (Å²) < 4.78 is 2.19. The molecule has 3 aliphatic rings. The molecule has 0 unspecified atom stereocenters. The lowest BCUT2D eigenvalue weighted by Crippen LogP contribution is -2.57. The SMILES string of the molecule is Cc1ncsc1-c1ccc(CNC(=O)[C@@H]2C[C@@H](O)CN2C(=O)[C@@H](NC(=O)CCCCCCCC(=O)Nc2ccc(CNC(=O)c3ccc4n3CCN(Cc3ccc(C(=O)N(C)C)cc3)C43CCC3)cc2)C(C)(C)C)cc1. The first-order chi connectivity index (χ1) is 36.4. The highest BCUT2D eigenvalue weighted by molar-refractivity contribution is 7.13. The number of carbonyl (C=O) groups excluding carboxylic acids is 6. The number of anilines is 1. The minimum atomic E-state index is -0.890. The van der Waals surface area contributed by atoms with Crippen molar-refractivity contribution >= 4 is 52.5 Å². The Morgan fingerprint density at radius 1 is 0.789 bits per heavy atom. The van der Waals surface area contributed by atoms with E-state index in [1.165, 1.54) is 10.6 Å². The lowest BCUT2D eigenvalue weighted by atomic mass is 9.71. The van der Waals surface area contributed by atoms with E-state index in [0.29, 0.717) is 49.3 Å². The van der Waals surface area contributed by atoms with Crippen LogP contribution in [-0.4, -0.2) is 110 Å². The van der Waals surface area contributed by atoms with Gasteiger partial charge >= 0.3 is 0 Å². The van der Waals surface area contributed by atoms with Crippen LogP contribution >= 0.6 is 11.3 Å². The molecule has 2 aromatic heterocycles. The maximum absolute atomic E-state index is 14.0. The van der Waals surface area contributed by atoms with Gasteiger partial charge in [-0.1, -0.05) is 88.6 Å². The highest BCUT2D eigenvalue weighted by Crippen LogP contribution is 2.49. The molecule has 0 bridgehead atoms. The summed E-state index contributed by atoms with van der Waals surface area (Å²) in [6.07, 6.45) is 6.89. The number of aliphatic hydroxyl groups excluding tert-OH is 1. The number of carbonyl (C=O) groups is 6. The number of fused-ring (bicyclic) bond motifs is 2. The number of hydrogen-bond acceptors (Lipinski definition) is 10. The van der Waals surface area contributed by atoms with Gasteiger partial charge in [-0.25, -0.2) is 4.98 Å². The van der Waals surface area contributed by atoms with Gasteiger partial charge in [-0.05, 0) is 103 Å². The molecule has 6 amide bonds. The third-order valence-electron chi connectivity index (χ3n) is 15.3. The predicted molar refractivity (Wildman–Crippen MR) is 295 cm³/mol. The highest BCUT2D eigenvalue weighted by atomic mass is 32.1. The summed E-state index contributed by atoms with van der Waals surface area (Å²) in [6, 6.07) is 25.6. The van der Waals surface area contributed by atoms with Gasteiger partial charge in [0.2, 0.25) is 23.6 Å². The van der Waals surface area contributed by atoms with Crippen molar-refractivity contribution in [2.45, 2.75) is 148 Å². The first kappa shape index (κ1) is 55.5. The minimum absolute atomic E-state index is 0.00918. The second-order valence-electron chi connectivity index (χ2n) is 22.1. The third-order valence-corrected chi connectivity index (χ3v) is 16.2. The minimum Gasteiger partial charge on any atom is -0.391 e. The molecule has 0 radical (unpaired) electrons.